The summed E-state index contributed by atoms with van der Waals surface area (Å²) in [5, 5.41) is 16.7. The number of aromatic nitrogens is 1. The lowest BCUT2D eigenvalue weighted by atomic mass is 10.1. The van der Waals surface area contributed by atoms with Gasteiger partial charge in [0.1, 0.15) is 0 Å². The van der Waals surface area contributed by atoms with Gasteiger partial charge in [-0.25, -0.2) is 9.78 Å². The molecule has 8 nitrogen and oxygen atoms in total. The van der Waals surface area contributed by atoms with Crippen LogP contribution in [0.2, 0.25) is 0 Å². The molecule has 142 valence electrons. The van der Waals surface area contributed by atoms with Crippen molar-refractivity contribution < 1.29 is 9.72 Å². The first kappa shape index (κ1) is 20.1. The topological polar surface area (TPSA) is 100 Å². The molecule has 0 aliphatic rings. The molecular formula is C17H25N5O3S. The van der Waals surface area contributed by atoms with Gasteiger partial charge in [0, 0.05) is 18.7 Å². The molecule has 0 aliphatic heterocycles. The van der Waals surface area contributed by atoms with E-state index in [1.165, 1.54) is 42.7 Å². The van der Waals surface area contributed by atoms with Crippen LogP contribution in [0.15, 0.2) is 18.2 Å². The van der Waals surface area contributed by atoms with Gasteiger partial charge in [0.05, 0.1) is 15.1 Å². The van der Waals surface area contributed by atoms with Crippen molar-refractivity contribution in [3.05, 3.63) is 28.3 Å². The van der Waals surface area contributed by atoms with Crippen molar-refractivity contribution in [3.63, 3.8) is 0 Å². The highest BCUT2D eigenvalue weighted by Crippen LogP contribution is 2.28. The van der Waals surface area contributed by atoms with Gasteiger partial charge >= 0.3 is 6.03 Å². The van der Waals surface area contributed by atoms with E-state index in [0.29, 0.717) is 21.9 Å². The van der Waals surface area contributed by atoms with Crippen molar-refractivity contribution in [1.82, 2.24) is 15.2 Å². The molecule has 0 atom stereocenters. The lowest BCUT2D eigenvalue weighted by Gasteiger charge is -2.08. The number of non-ortho nitro benzene ring substituents is 1. The van der Waals surface area contributed by atoms with Gasteiger partial charge in [-0.15, -0.1) is 0 Å². The number of unbranched alkanes of at least 4 members (excludes halogenated alkanes) is 4. The fourth-order valence-electron chi connectivity index (χ4n) is 2.51. The summed E-state index contributed by atoms with van der Waals surface area (Å²) in [4.78, 5) is 28.7. The Morgan fingerprint density at radius 2 is 1.96 bits per heavy atom. The minimum absolute atomic E-state index is 0.0164. The molecule has 2 aromatic rings. The number of hydrogen-bond acceptors (Lipinski definition) is 6. The van der Waals surface area contributed by atoms with E-state index in [0.717, 1.165) is 19.4 Å². The first-order chi connectivity index (χ1) is 12.5. The number of nitro groups is 1. The van der Waals surface area contributed by atoms with Crippen LogP contribution in [-0.2, 0) is 0 Å². The van der Waals surface area contributed by atoms with Gasteiger partial charge in [-0.2, -0.15) is 0 Å². The van der Waals surface area contributed by atoms with E-state index in [2.05, 4.69) is 34.6 Å². The quantitative estimate of drug-likeness (QED) is 0.371. The zero-order chi connectivity index (χ0) is 18.9. The molecule has 0 bridgehead atoms. The zero-order valence-corrected chi connectivity index (χ0v) is 16.0. The highest BCUT2D eigenvalue weighted by Gasteiger charge is 2.11. The molecular weight excluding hydrogens is 354 g/mol. The third-order valence-electron chi connectivity index (χ3n) is 3.87. The van der Waals surface area contributed by atoms with Gasteiger partial charge in [-0.1, -0.05) is 30.6 Å². The number of carbonyl (C=O) groups is 1. The Hall–Kier alpha value is -2.26. The Morgan fingerprint density at radius 1 is 1.23 bits per heavy atom. The molecule has 9 heteroatoms. The van der Waals surface area contributed by atoms with E-state index in [-0.39, 0.29) is 11.7 Å². The van der Waals surface area contributed by atoms with Crippen molar-refractivity contribution in [2.75, 3.05) is 32.5 Å². The van der Waals surface area contributed by atoms with Crippen molar-refractivity contribution in [2.24, 2.45) is 0 Å². The SMILES string of the molecule is CN(C)CCCCCCCNC(=O)Nc1nc2ccc([N+](=O)[O-])cc2s1. The number of nitrogens with one attached hydrogen (secondary N) is 2. The third kappa shape index (κ3) is 6.57. The molecule has 0 radical (unpaired) electrons. The predicted molar refractivity (Wildman–Crippen MR) is 105 cm³/mol. The van der Waals surface area contributed by atoms with Crippen LogP contribution in [0, 0.1) is 10.1 Å². The fraction of sp³-hybridized carbons (Fsp3) is 0.529. The smallest absolute Gasteiger partial charge is 0.321 e. The molecule has 26 heavy (non-hydrogen) atoms. The van der Waals surface area contributed by atoms with Crippen LogP contribution in [0.4, 0.5) is 15.6 Å². The highest BCUT2D eigenvalue weighted by molar-refractivity contribution is 7.22. The number of fused-ring (bicyclic) bond motifs is 1. The Kier molecular flexibility index (Phi) is 7.73. The highest BCUT2D eigenvalue weighted by atomic mass is 32.1. The van der Waals surface area contributed by atoms with Crippen LogP contribution in [0.5, 0.6) is 0 Å². The average Bonchev–Trinajstić information content (AvgIpc) is 2.98. The molecule has 0 saturated heterocycles. The summed E-state index contributed by atoms with van der Waals surface area (Å²) in [7, 11) is 4.16. The van der Waals surface area contributed by atoms with Gasteiger partial charge in [0.2, 0.25) is 0 Å². The maximum absolute atomic E-state index is 11.9. The average molecular weight is 379 g/mol. The summed E-state index contributed by atoms with van der Waals surface area (Å²) in [5.74, 6) is 0. The molecule has 1 aromatic carbocycles. The fourth-order valence-corrected chi connectivity index (χ4v) is 3.40. The van der Waals surface area contributed by atoms with Crippen LogP contribution < -0.4 is 10.6 Å². The Bertz CT molecular complexity index is 747. The number of amides is 2. The van der Waals surface area contributed by atoms with Gasteiger partial charge in [-0.05, 0) is 39.5 Å². The number of nitrogens with zero attached hydrogens (tertiary/aromatic N) is 3. The summed E-state index contributed by atoms with van der Waals surface area (Å²) in [6.45, 7) is 1.74. The number of carbonyl (C=O) groups excluding carboxylic acids is 1. The van der Waals surface area contributed by atoms with Crippen LogP contribution in [0.3, 0.4) is 0 Å². The maximum atomic E-state index is 11.9. The number of nitro benzene ring substituents is 1. The molecule has 2 N–H and O–H groups in total. The van der Waals surface area contributed by atoms with Gasteiger partial charge in [-0.3, -0.25) is 15.4 Å². The van der Waals surface area contributed by atoms with Crippen LogP contribution in [0.1, 0.15) is 32.1 Å². The first-order valence-corrected chi connectivity index (χ1v) is 9.52. The maximum Gasteiger partial charge on any atom is 0.321 e. The Morgan fingerprint density at radius 3 is 2.69 bits per heavy atom. The molecule has 0 spiro atoms. The summed E-state index contributed by atoms with van der Waals surface area (Å²) in [6, 6.07) is 4.16. The van der Waals surface area contributed by atoms with E-state index in [9.17, 15) is 14.9 Å². The first-order valence-electron chi connectivity index (χ1n) is 8.70. The number of anilines is 1. The summed E-state index contributed by atoms with van der Waals surface area (Å²) in [6.07, 6.45) is 5.63. The summed E-state index contributed by atoms with van der Waals surface area (Å²) < 4.78 is 0.673. The third-order valence-corrected chi connectivity index (χ3v) is 4.80. The van der Waals surface area contributed by atoms with Gasteiger partial charge in [0.15, 0.2) is 5.13 Å². The number of urea groups is 1. The molecule has 2 amide bonds. The number of benzene rings is 1. The van der Waals surface area contributed by atoms with Crippen LogP contribution in [0.25, 0.3) is 10.2 Å². The van der Waals surface area contributed by atoms with Gasteiger partial charge < -0.3 is 10.2 Å². The Balaban J connectivity index is 1.68. The summed E-state index contributed by atoms with van der Waals surface area (Å²) in [5.41, 5.74) is 0.649. The molecule has 0 saturated carbocycles. The van der Waals surface area contributed by atoms with Crippen molar-refractivity contribution >= 4 is 38.4 Å². The predicted octanol–water partition coefficient (Wildman–Crippen LogP) is 3.84. The minimum Gasteiger partial charge on any atom is -0.338 e. The number of thiazole rings is 1. The Labute approximate surface area is 156 Å². The second kappa shape index (κ2) is 10.0. The number of rotatable bonds is 10. The largest absolute Gasteiger partial charge is 0.338 e. The molecule has 1 heterocycles. The normalized spacial score (nSPS) is 11.0. The van der Waals surface area contributed by atoms with Crippen molar-refractivity contribution in [1.29, 1.82) is 0 Å². The molecule has 0 aliphatic carbocycles. The minimum atomic E-state index is -0.445. The van der Waals surface area contributed by atoms with E-state index >= 15 is 0 Å². The van der Waals surface area contributed by atoms with E-state index in [1.807, 2.05) is 0 Å². The van der Waals surface area contributed by atoms with Crippen molar-refractivity contribution in [3.8, 4) is 0 Å². The van der Waals surface area contributed by atoms with E-state index in [4.69, 9.17) is 0 Å². The summed E-state index contributed by atoms with van der Waals surface area (Å²) >= 11 is 1.22. The van der Waals surface area contributed by atoms with Crippen LogP contribution >= 0.6 is 11.3 Å². The van der Waals surface area contributed by atoms with E-state index < -0.39 is 4.92 Å². The van der Waals surface area contributed by atoms with Crippen molar-refractivity contribution in [2.45, 2.75) is 32.1 Å². The van der Waals surface area contributed by atoms with Crippen LogP contribution in [-0.4, -0.2) is 48.0 Å². The molecule has 0 fully saturated rings. The monoisotopic (exact) mass is 379 g/mol. The zero-order valence-electron chi connectivity index (χ0n) is 15.2. The lowest BCUT2D eigenvalue weighted by molar-refractivity contribution is -0.384. The second-order valence-corrected chi connectivity index (χ2v) is 7.41. The number of hydrogen-bond donors (Lipinski definition) is 2. The van der Waals surface area contributed by atoms with E-state index in [1.54, 1.807) is 6.07 Å². The molecule has 0 unspecified atom stereocenters. The standard InChI is InChI=1S/C17H25N5O3S/c1-21(2)11-7-5-3-4-6-10-18-16(23)20-17-19-14-9-8-13(22(24)25)12-15(14)26-17/h8-9,12H,3-7,10-11H2,1-2H3,(H2,18,19,20,23). The van der Waals surface area contributed by atoms with Gasteiger partial charge in [0.25, 0.3) is 5.69 Å². The lowest BCUT2D eigenvalue weighted by Crippen LogP contribution is -2.29. The molecule has 1 aromatic heterocycles. The second-order valence-electron chi connectivity index (χ2n) is 6.38. The molecule has 2 rings (SSSR count).